The molecular weight excluding hydrogens is 348 g/mol. The molecule has 25 heavy (non-hydrogen) atoms. The summed E-state index contributed by atoms with van der Waals surface area (Å²) in [6.45, 7) is 2.69. The van der Waals surface area contributed by atoms with Crippen molar-refractivity contribution in [3.63, 3.8) is 0 Å². The molecule has 138 valence electrons. The number of rotatable bonds is 7. The van der Waals surface area contributed by atoms with Gasteiger partial charge < -0.3 is 24.4 Å². The van der Waals surface area contributed by atoms with Crippen LogP contribution in [0.25, 0.3) is 0 Å². The average Bonchev–Trinajstić information content (AvgIpc) is 2.98. The van der Waals surface area contributed by atoms with E-state index in [1.165, 1.54) is 14.2 Å². The van der Waals surface area contributed by atoms with Crippen LogP contribution in [-0.4, -0.2) is 57.2 Å². The Hall–Kier alpha value is -1.99. The zero-order chi connectivity index (χ0) is 18.6. The third kappa shape index (κ3) is 4.35. The molecule has 1 aliphatic heterocycles. The van der Waals surface area contributed by atoms with E-state index >= 15 is 0 Å². The fraction of sp³-hybridized carbons (Fsp3) is 0.529. The molecule has 8 heteroatoms. The number of anilines is 1. The number of carbonyl (C=O) groups excluding carboxylic acids is 2. The number of hydrogen-bond donors (Lipinski definition) is 1. The van der Waals surface area contributed by atoms with E-state index in [2.05, 4.69) is 5.32 Å². The van der Waals surface area contributed by atoms with Gasteiger partial charge in [-0.05, 0) is 6.92 Å². The Labute approximate surface area is 152 Å². The normalized spacial score (nSPS) is 18.2. The second-order valence-corrected chi connectivity index (χ2v) is 6.33. The third-order valence-electron chi connectivity index (χ3n) is 4.20. The van der Waals surface area contributed by atoms with E-state index in [-0.39, 0.29) is 24.3 Å². The van der Waals surface area contributed by atoms with Crippen molar-refractivity contribution in [2.75, 3.05) is 39.8 Å². The lowest BCUT2D eigenvalue weighted by Crippen LogP contribution is -2.38. The van der Waals surface area contributed by atoms with Gasteiger partial charge in [-0.25, -0.2) is 0 Å². The summed E-state index contributed by atoms with van der Waals surface area (Å²) < 4.78 is 15.5. The van der Waals surface area contributed by atoms with Crippen LogP contribution >= 0.6 is 11.6 Å². The van der Waals surface area contributed by atoms with Gasteiger partial charge in [-0.1, -0.05) is 11.6 Å². The molecule has 0 unspecified atom stereocenters. The van der Waals surface area contributed by atoms with Crippen LogP contribution in [0.1, 0.15) is 13.3 Å². The molecule has 1 fully saturated rings. The van der Waals surface area contributed by atoms with E-state index in [9.17, 15) is 9.59 Å². The molecule has 0 saturated carbocycles. The van der Waals surface area contributed by atoms with Crippen molar-refractivity contribution in [2.24, 2.45) is 5.92 Å². The molecule has 1 aromatic carbocycles. The monoisotopic (exact) mass is 370 g/mol. The standard InChI is InChI=1S/C17H23ClN2O5/c1-10(9-23-2)20-8-11(5-16(20)21)17(22)19-13-7-14(24-3)12(18)6-15(13)25-4/h6-7,10-11H,5,8-9H2,1-4H3,(H,19,22)/t10-,11+/m0/s1. The first-order valence-electron chi connectivity index (χ1n) is 7.92. The number of amides is 2. The number of methoxy groups -OCH3 is 3. The van der Waals surface area contributed by atoms with Crippen molar-refractivity contribution < 1.29 is 23.8 Å². The number of carbonyl (C=O) groups is 2. The zero-order valence-electron chi connectivity index (χ0n) is 14.8. The zero-order valence-corrected chi connectivity index (χ0v) is 15.6. The Balaban J connectivity index is 2.11. The maximum atomic E-state index is 12.6. The fourth-order valence-corrected chi connectivity index (χ4v) is 3.09. The summed E-state index contributed by atoms with van der Waals surface area (Å²) in [6.07, 6.45) is 0.174. The number of ether oxygens (including phenoxy) is 3. The van der Waals surface area contributed by atoms with Crippen LogP contribution in [0.2, 0.25) is 5.02 Å². The Kier molecular flexibility index (Phi) is 6.50. The number of hydrogen-bond acceptors (Lipinski definition) is 5. The number of nitrogens with one attached hydrogen (secondary N) is 1. The van der Waals surface area contributed by atoms with Crippen molar-refractivity contribution in [3.05, 3.63) is 17.2 Å². The molecule has 1 saturated heterocycles. The van der Waals surface area contributed by atoms with Gasteiger partial charge in [0.15, 0.2) is 0 Å². The molecule has 2 atom stereocenters. The minimum absolute atomic E-state index is 0.0506. The second kappa shape index (κ2) is 8.40. The summed E-state index contributed by atoms with van der Waals surface area (Å²) in [5.74, 6) is 0.121. The van der Waals surface area contributed by atoms with Gasteiger partial charge in [0, 0.05) is 32.2 Å². The van der Waals surface area contributed by atoms with Crippen molar-refractivity contribution in [3.8, 4) is 11.5 Å². The highest BCUT2D eigenvalue weighted by Gasteiger charge is 2.36. The minimum Gasteiger partial charge on any atom is -0.495 e. The minimum atomic E-state index is -0.432. The Bertz CT molecular complexity index is 652. The van der Waals surface area contributed by atoms with Crippen LogP contribution in [0, 0.1) is 5.92 Å². The van der Waals surface area contributed by atoms with E-state index in [4.69, 9.17) is 25.8 Å². The highest BCUT2D eigenvalue weighted by Crippen LogP contribution is 2.36. The van der Waals surface area contributed by atoms with Crippen LogP contribution in [0.3, 0.4) is 0 Å². The van der Waals surface area contributed by atoms with Gasteiger partial charge in [0.1, 0.15) is 11.5 Å². The molecule has 0 aromatic heterocycles. The average molecular weight is 371 g/mol. The maximum absolute atomic E-state index is 12.6. The molecule has 2 rings (SSSR count). The molecule has 1 aromatic rings. The van der Waals surface area contributed by atoms with Crippen LogP contribution in [0.15, 0.2) is 12.1 Å². The molecular formula is C17H23ClN2O5. The summed E-state index contributed by atoms with van der Waals surface area (Å²) >= 11 is 6.07. The Morgan fingerprint density at radius 3 is 2.60 bits per heavy atom. The lowest BCUT2D eigenvalue weighted by molar-refractivity contribution is -0.130. The van der Waals surface area contributed by atoms with E-state index < -0.39 is 5.92 Å². The van der Waals surface area contributed by atoms with Gasteiger partial charge in [-0.2, -0.15) is 0 Å². The Morgan fingerprint density at radius 1 is 1.32 bits per heavy atom. The van der Waals surface area contributed by atoms with Gasteiger partial charge in [0.25, 0.3) is 0 Å². The number of halogens is 1. The Morgan fingerprint density at radius 2 is 2.00 bits per heavy atom. The lowest BCUT2D eigenvalue weighted by Gasteiger charge is -2.24. The van der Waals surface area contributed by atoms with E-state index in [0.29, 0.717) is 35.4 Å². The predicted molar refractivity (Wildman–Crippen MR) is 94.3 cm³/mol. The smallest absolute Gasteiger partial charge is 0.229 e. The maximum Gasteiger partial charge on any atom is 0.229 e. The largest absolute Gasteiger partial charge is 0.495 e. The summed E-state index contributed by atoms with van der Waals surface area (Å²) in [5, 5.41) is 3.19. The molecule has 1 aliphatic rings. The van der Waals surface area contributed by atoms with Crippen molar-refractivity contribution in [2.45, 2.75) is 19.4 Å². The molecule has 1 heterocycles. The van der Waals surface area contributed by atoms with Crippen molar-refractivity contribution in [1.29, 1.82) is 0 Å². The van der Waals surface area contributed by atoms with Crippen LogP contribution in [0.5, 0.6) is 11.5 Å². The van der Waals surface area contributed by atoms with Gasteiger partial charge in [0.2, 0.25) is 11.8 Å². The van der Waals surface area contributed by atoms with Gasteiger partial charge in [0.05, 0.1) is 43.5 Å². The van der Waals surface area contributed by atoms with Crippen LogP contribution in [-0.2, 0) is 14.3 Å². The van der Waals surface area contributed by atoms with Crippen LogP contribution in [0.4, 0.5) is 5.69 Å². The number of likely N-dealkylation sites (tertiary alicyclic amines) is 1. The van der Waals surface area contributed by atoms with E-state index in [1.54, 1.807) is 24.1 Å². The van der Waals surface area contributed by atoms with Gasteiger partial charge in [-0.3, -0.25) is 9.59 Å². The summed E-state index contributed by atoms with van der Waals surface area (Å²) in [7, 11) is 4.56. The van der Waals surface area contributed by atoms with E-state index in [1.807, 2.05) is 6.92 Å². The van der Waals surface area contributed by atoms with E-state index in [0.717, 1.165) is 0 Å². The third-order valence-corrected chi connectivity index (χ3v) is 4.50. The van der Waals surface area contributed by atoms with Crippen molar-refractivity contribution >= 4 is 29.1 Å². The molecule has 0 radical (unpaired) electrons. The first kappa shape index (κ1) is 19.3. The van der Waals surface area contributed by atoms with Gasteiger partial charge in [-0.15, -0.1) is 0 Å². The SMILES string of the molecule is COC[C@H](C)N1C[C@H](C(=O)Nc2cc(OC)c(Cl)cc2OC)CC1=O. The highest BCUT2D eigenvalue weighted by molar-refractivity contribution is 6.32. The number of benzene rings is 1. The van der Waals surface area contributed by atoms with Gasteiger partial charge >= 0.3 is 0 Å². The summed E-state index contributed by atoms with van der Waals surface area (Å²) in [5.41, 5.74) is 0.449. The second-order valence-electron chi connectivity index (χ2n) is 5.93. The highest BCUT2D eigenvalue weighted by atomic mass is 35.5. The first-order valence-corrected chi connectivity index (χ1v) is 8.29. The summed E-state index contributed by atoms with van der Waals surface area (Å²) in [6, 6.07) is 3.10. The molecule has 7 nitrogen and oxygen atoms in total. The molecule has 0 aliphatic carbocycles. The first-order chi connectivity index (χ1) is 11.9. The van der Waals surface area contributed by atoms with Crippen LogP contribution < -0.4 is 14.8 Å². The quantitative estimate of drug-likeness (QED) is 0.796. The number of nitrogens with zero attached hydrogens (tertiary/aromatic N) is 1. The molecule has 0 bridgehead atoms. The predicted octanol–water partition coefficient (Wildman–Crippen LogP) is 2.18. The molecule has 1 N–H and O–H groups in total. The topological polar surface area (TPSA) is 77.1 Å². The molecule has 2 amide bonds. The lowest BCUT2D eigenvalue weighted by atomic mass is 10.1. The summed E-state index contributed by atoms with van der Waals surface area (Å²) in [4.78, 5) is 26.4. The molecule has 0 spiro atoms. The van der Waals surface area contributed by atoms with Crippen molar-refractivity contribution in [1.82, 2.24) is 4.90 Å². The fourth-order valence-electron chi connectivity index (χ4n) is 2.86.